The fourth-order valence-corrected chi connectivity index (χ4v) is 2.20. The van der Waals surface area contributed by atoms with Gasteiger partial charge in [-0.2, -0.15) is 0 Å². The molecule has 0 amide bonds. The first-order valence-corrected chi connectivity index (χ1v) is 6.45. The Hall–Kier alpha value is -1.37. The van der Waals surface area contributed by atoms with Crippen molar-refractivity contribution in [2.45, 2.75) is 0 Å². The lowest BCUT2D eigenvalue weighted by Crippen LogP contribution is -1.92. The third kappa shape index (κ3) is 3.34. The van der Waals surface area contributed by atoms with E-state index in [1.165, 1.54) is 24.4 Å². The number of nitro groups is 1. The van der Waals surface area contributed by atoms with Gasteiger partial charge in [0.2, 0.25) is 5.88 Å². The zero-order chi connectivity index (χ0) is 14.0. The molecule has 8 heteroatoms. The van der Waals surface area contributed by atoms with E-state index in [0.29, 0.717) is 15.2 Å². The average Bonchev–Trinajstić information content (AvgIpc) is 2.32. The van der Waals surface area contributed by atoms with Gasteiger partial charge in [-0.1, -0.05) is 23.2 Å². The van der Waals surface area contributed by atoms with E-state index in [0.717, 1.165) is 0 Å². The highest BCUT2D eigenvalue weighted by Gasteiger charge is 2.14. The molecule has 0 bridgehead atoms. The molecule has 0 saturated carbocycles. The van der Waals surface area contributed by atoms with Crippen molar-refractivity contribution < 1.29 is 9.66 Å². The zero-order valence-corrected chi connectivity index (χ0v) is 12.2. The zero-order valence-electron chi connectivity index (χ0n) is 9.14. The largest absolute Gasteiger partial charge is 0.437 e. The fourth-order valence-electron chi connectivity index (χ4n) is 1.29. The molecule has 2 rings (SSSR count). The molecule has 0 radical (unpaired) electrons. The van der Waals surface area contributed by atoms with Gasteiger partial charge in [0, 0.05) is 22.8 Å². The van der Waals surface area contributed by atoms with Gasteiger partial charge < -0.3 is 4.74 Å². The second-order valence-electron chi connectivity index (χ2n) is 3.41. The van der Waals surface area contributed by atoms with Crippen molar-refractivity contribution in [2.75, 3.05) is 0 Å². The van der Waals surface area contributed by atoms with E-state index in [-0.39, 0.29) is 16.6 Å². The van der Waals surface area contributed by atoms with Gasteiger partial charge in [-0.15, -0.1) is 0 Å². The number of ether oxygens (including phenoxy) is 1. The number of rotatable bonds is 3. The third-order valence-corrected chi connectivity index (χ3v) is 3.11. The summed E-state index contributed by atoms with van der Waals surface area (Å²) in [6.07, 6.45) is 1.52. The molecule has 1 heterocycles. The molecule has 0 spiro atoms. The summed E-state index contributed by atoms with van der Waals surface area (Å²) in [6, 6.07) is 5.63. The van der Waals surface area contributed by atoms with E-state index >= 15 is 0 Å². The predicted molar refractivity (Wildman–Crippen MR) is 75.1 cm³/mol. The quantitative estimate of drug-likeness (QED) is 0.577. The van der Waals surface area contributed by atoms with Crippen LogP contribution < -0.4 is 4.74 Å². The summed E-state index contributed by atoms with van der Waals surface area (Å²) in [6.45, 7) is 0. The van der Waals surface area contributed by atoms with Gasteiger partial charge in [0.25, 0.3) is 5.69 Å². The van der Waals surface area contributed by atoms with Crippen molar-refractivity contribution in [1.82, 2.24) is 4.98 Å². The number of nitrogens with zero attached hydrogens (tertiary/aromatic N) is 2. The molecule has 19 heavy (non-hydrogen) atoms. The normalized spacial score (nSPS) is 10.3. The van der Waals surface area contributed by atoms with Crippen molar-refractivity contribution in [3.05, 3.63) is 55.1 Å². The Balaban J connectivity index is 2.29. The minimum atomic E-state index is -0.572. The Morgan fingerprint density at radius 3 is 2.58 bits per heavy atom. The molecule has 1 aromatic carbocycles. The summed E-state index contributed by atoms with van der Waals surface area (Å²) in [5.41, 5.74) is -0.191. The van der Waals surface area contributed by atoms with E-state index < -0.39 is 4.92 Å². The molecule has 0 aliphatic rings. The summed E-state index contributed by atoms with van der Waals surface area (Å²) in [4.78, 5) is 14.0. The minimum absolute atomic E-state index is 0.0178. The molecule has 0 saturated heterocycles. The molecule has 5 nitrogen and oxygen atoms in total. The minimum Gasteiger partial charge on any atom is -0.437 e. The van der Waals surface area contributed by atoms with Crippen LogP contribution in [0.2, 0.25) is 10.0 Å². The van der Waals surface area contributed by atoms with Crippen molar-refractivity contribution in [3.63, 3.8) is 0 Å². The van der Waals surface area contributed by atoms with Crippen LogP contribution in [0.15, 0.2) is 34.9 Å². The lowest BCUT2D eigenvalue weighted by molar-refractivity contribution is -0.384. The van der Waals surface area contributed by atoms with Gasteiger partial charge in [0.1, 0.15) is 15.8 Å². The Kier molecular flexibility index (Phi) is 4.24. The molecule has 0 atom stereocenters. The van der Waals surface area contributed by atoms with Gasteiger partial charge in [-0.05, 0) is 28.1 Å². The van der Waals surface area contributed by atoms with Crippen molar-refractivity contribution in [2.24, 2.45) is 0 Å². The van der Waals surface area contributed by atoms with E-state index in [1.54, 1.807) is 6.07 Å². The number of halogens is 3. The molecule has 0 fully saturated rings. The predicted octanol–water partition coefficient (Wildman–Crippen LogP) is 4.85. The van der Waals surface area contributed by atoms with Gasteiger partial charge in [0.15, 0.2) is 0 Å². The van der Waals surface area contributed by atoms with Gasteiger partial charge in [0.05, 0.1) is 4.92 Å². The lowest BCUT2D eigenvalue weighted by atomic mass is 10.3. The number of hydrogen-bond acceptors (Lipinski definition) is 4. The van der Waals surface area contributed by atoms with Crippen LogP contribution in [0.1, 0.15) is 0 Å². The van der Waals surface area contributed by atoms with E-state index in [2.05, 4.69) is 20.9 Å². The fraction of sp³-hybridized carbons (Fsp3) is 0. The van der Waals surface area contributed by atoms with Gasteiger partial charge in [-0.25, -0.2) is 4.98 Å². The smallest absolute Gasteiger partial charge is 0.288 e. The van der Waals surface area contributed by atoms with Crippen LogP contribution in [0.25, 0.3) is 0 Å². The second-order valence-corrected chi connectivity index (χ2v) is 5.14. The summed E-state index contributed by atoms with van der Waals surface area (Å²) >= 11 is 14.9. The van der Waals surface area contributed by atoms with Crippen LogP contribution in [-0.4, -0.2) is 9.91 Å². The highest BCUT2D eigenvalue weighted by molar-refractivity contribution is 9.10. The number of aromatic nitrogens is 1. The van der Waals surface area contributed by atoms with Gasteiger partial charge >= 0.3 is 0 Å². The SMILES string of the molecule is O=[N+]([O-])c1ccc(Oc2ncc(Br)cc2Cl)cc1Cl. The Morgan fingerprint density at radius 1 is 1.26 bits per heavy atom. The number of benzene rings is 1. The summed E-state index contributed by atoms with van der Waals surface area (Å²) in [7, 11) is 0. The van der Waals surface area contributed by atoms with Crippen molar-refractivity contribution >= 4 is 44.8 Å². The van der Waals surface area contributed by atoms with E-state index in [9.17, 15) is 10.1 Å². The number of hydrogen-bond donors (Lipinski definition) is 0. The molecule has 0 aliphatic heterocycles. The van der Waals surface area contributed by atoms with E-state index in [1.807, 2.05) is 0 Å². The molecule has 2 aromatic rings. The maximum atomic E-state index is 10.6. The highest BCUT2D eigenvalue weighted by Crippen LogP contribution is 2.33. The first-order valence-electron chi connectivity index (χ1n) is 4.90. The van der Waals surface area contributed by atoms with Crippen LogP contribution in [0.4, 0.5) is 5.69 Å². The van der Waals surface area contributed by atoms with Crippen LogP contribution >= 0.6 is 39.1 Å². The Labute approximate surface area is 126 Å². The van der Waals surface area contributed by atoms with Crippen LogP contribution in [-0.2, 0) is 0 Å². The average molecular weight is 364 g/mol. The molecule has 98 valence electrons. The molecule has 0 aliphatic carbocycles. The van der Waals surface area contributed by atoms with Crippen molar-refractivity contribution in [1.29, 1.82) is 0 Å². The van der Waals surface area contributed by atoms with Gasteiger partial charge in [-0.3, -0.25) is 10.1 Å². The number of pyridine rings is 1. The highest BCUT2D eigenvalue weighted by atomic mass is 79.9. The first kappa shape index (κ1) is 14.0. The third-order valence-electron chi connectivity index (χ3n) is 2.10. The van der Waals surface area contributed by atoms with Crippen molar-refractivity contribution in [3.8, 4) is 11.6 Å². The molecular weight excluding hydrogens is 359 g/mol. The monoisotopic (exact) mass is 362 g/mol. The molecule has 0 unspecified atom stereocenters. The van der Waals surface area contributed by atoms with E-state index in [4.69, 9.17) is 27.9 Å². The standard InChI is InChI=1S/C11H5BrCl2N2O3/c12-6-3-9(14)11(15-5-6)19-7-1-2-10(16(17)18)8(13)4-7/h1-5H. The summed E-state index contributed by atoms with van der Waals surface area (Å²) < 4.78 is 6.12. The van der Waals surface area contributed by atoms with Crippen LogP contribution in [0.3, 0.4) is 0 Å². The summed E-state index contributed by atoms with van der Waals surface area (Å²) in [5, 5.41) is 10.9. The molecule has 1 aromatic heterocycles. The molecular formula is C11H5BrCl2N2O3. The Bertz CT molecular complexity index is 652. The van der Waals surface area contributed by atoms with Crippen LogP contribution in [0.5, 0.6) is 11.6 Å². The lowest BCUT2D eigenvalue weighted by Gasteiger charge is -2.06. The Morgan fingerprint density at radius 2 is 2.00 bits per heavy atom. The molecule has 0 N–H and O–H groups in total. The maximum absolute atomic E-state index is 10.6. The number of nitro benzene ring substituents is 1. The second kappa shape index (κ2) is 5.73. The first-order chi connectivity index (χ1) is 8.97. The summed E-state index contributed by atoms with van der Waals surface area (Å²) in [5.74, 6) is 0.502. The maximum Gasteiger partial charge on any atom is 0.288 e. The van der Waals surface area contributed by atoms with Crippen LogP contribution in [0, 0.1) is 10.1 Å². The topological polar surface area (TPSA) is 65.3 Å².